The van der Waals surface area contributed by atoms with Gasteiger partial charge in [0.15, 0.2) is 11.6 Å². The molecule has 0 bridgehead atoms. The molecule has 0 atom stereocenters. The molecular formula is C10H6FNO3. The fourth-order valence-electron chi connectivity index (χ4n) is 1.29. The van der Waals surface area contributed by atoms with Gasteiger partial charge in [-0.05, 0) is 12.1 Å². The molecule has 76 valence electrons. The molecule has 1 aliphatic rings. The summed E-state index contributed by atoms with van der Waals surface area (Å²) in [4.78, 5) is 23.3. The smallest absolute Gasteiger partial charge is 0.258 e. The molecule has 1 heterocycles. The van der Waals surface area contributed by atoms with E-state index in [0.717, 1.165) is 29.2 Å². The Morgan fingerprint density at radius 1 is 1.13 bits per heavy atom. The van der Waals surface area contributed by atoms with Gasteiger partial charge in [0.05, 0.1) is 5.69 Å². The van der Waals surface area contributed by atoms with E-state index in [4.69, 9.17) is 5.11 Å². The van der Waals surface area contributed by atoms with Gasteiger partial charge in [0.1, 0.15) is 0 Å². The van der Waals surface area contributed by atoms with Crippen LogP contribution in [-0.2, 0) is 9.59 Å². The van der Waals surface area contributed by atoms with Crippen molar-refractivity contribution in [3.05, 3.63) is 36.2 Å². The highest BCUT2D eigenvalue weighted by molar-refractivity contribution is 6.28. The standard InChI is InChI=1S/C10H6FNO3/c11-7-2-1-6(5-8(7)13)12-9(14)3-4-10(12)15/h1-5,13H. The number of rotatable bonds is 1. The van der Waals surface area contributed by atoms with E-state index in [0.29, 0.717) is 0 Å². The van der Waals surface area contributed by atoms with Crippen molar-refractivity contribution in [2.45, 2.75) is 0 Å². The molecular weight excluding hydrogens is 201 g/mol. The Kier molecular flexibility index (Phi) is 2.00. The third-order valence-electron chi connectivity index (χ3n) is 2.00. The fraction of sp³-hybridized carbons (Fsp3) is 0. The molecule has 1 N–H and O–H groups in total. The van der Waals surface area contributed by atoms with Crippen molar-refractivity contribution in [2.24, 2.45) is 0 Å². The Bertz CT molecular complexity index is 464. The largest absolute Gasteiger partial charge is 0.505 e. The second-order valence-electron chi connectivity index (χ2n) is 2.98. The maximum Gasteiger partial charge on any atom is 0.258 e. The van der Waals surface area contributed by atoms with Crippen molar-refractivity contribution in [3.63, 3.8) is 0 Å². The van der Waals surface area contributed by atoms with E-state index in [9.17, 15) is 14.0 Å². The second-order valence-corrected chi connectivity index (χ2v) is 2.98. The molecule has 2 rings (SSSR count). The average Bonchev–Trinajstić information content (AvgIpc) is 2.52. The van der Waals surface area contributed by atoms with Crippen molar-refractivity contribution in [2.75, 3.05) is 4.90 Å². The van der Waals surface area contributed by atoms with E-state index in [-0.39, 0.29) is 5.69 Å². The first-order valence-corrected chi connectivity index (χ1v) is 4.14. The van der Waals surface area contributed by atoms with Crippen LogP contribution in [0.5, 0.6) is 5.75 Å². The molecule has 0 aliphatic carbocycles. The Hall–Kier alpha value is -2.17. The first-order valence-electron chi connectivity index (χ1n) is 4.14. The summed E-state index contributed by atoms with van der Waals surface area (Å²) in [5, 5.41) is 9.09. The van der Waals surface area contributed by atoms with Crippen LogP contribution in [0, 0.1) is 5.82 Å². The number of amides is 2. The Balaban J connectivity index is 2.42. The normalized spacial score (nSPS) is 15.1. The molecule has 1 aromatic rings. The average molecular weight is 207 g/mol. The third-order valence-corrected chi connectivity index (χ3v) is 2.00. The summed E-state index contributed by atoms with van der Waals surface area (Å²) in [5.74, 6) is -2.41. The van der Waals surface area contributed by atoms with Crippen molar-refractivity contribution in [3.8, 4) is 5.75 Å². The molecule has 0 aromatic heterocycles. The number of benzene rings is 1. The van der Waals surface area contributed by atoms with E-state index >= 15 is 0 Å². The zero-order chi connectivity index (χ0) is 11.0. The monoisotopic (exact) mass is 207 g/mol. The molecule has 1 aliphatic heterocycles. The number of carbonyl (C=O) groups excluding carboxylic acids is 2. The summed E-state index contributed by atoms with van der Waals surface area (Å²) in [5.41, 5.74) is 0.147. The van der Waals surface area contributed by atoms with Gasteiger partial charge in [-0.15, -0.1) is 0 Å². The van der Waals surface area contributed by atoms with E-state index in [2.05, 4.69) is 0 Å². The summed E-state index contributed by atoms with van der Waals surface area (Å²) in [6, 6.07) is 3.26. The van der Waals surface area contributed by atoms with Gasteiger partial charge in [0, 0.05) is 18.2 Å². The first-order chi connectivity index (χ1) is 7.09. The topological polar surface area (TPSA) is 57.6 Å². The Morgan fingerprint density at radius 3 is 2.27 bits per heavy atom. The highest BCUT2D eigenvalue weighted by Gasteiger charge is 2.25. The number of phenolic OH excluding ortho intramolecular Hbond substituents is 1. The molecule has 2 amide bonds. The Morgan fingerprint density at radius 2 is 1.73 bits per heavy atom. The number of nitrogens with zero attached hydrogens (tertiary/aromatic N) is 1. The van der Waals surface area contributed by atoms with Gasteiger partial charge >= 0.3 is 0 Å². The first kappa shape index (κ1) is 9.39. The van der Waals surface area contributed by atoms with Crippen molar-refractivity contribution in [1.29, 1.82) is 0 Å². The van der Waals surface area contributed by atoms with Crippen molar-refractivity contribution < 1.29 is 19.1 Å². The minimum Gasteiger partial charge on any atom is -0.505 e. The zero-order valence-corrected chi connectivity index (χ0v) is 7.48. The van der Waals surface area contributed by atoms with Gasteiger partial charge in [-0.25, -0.2) is 9.29 Å². The van der Waals surface area contributed by atoms with Crippen LogP contribution in [-0.4, -0.2) is 16.9 Å². The van der Waals surface area contributed by atoms with Crippen LogP contribution in [0.15, 0.2) is 30.4 Å². The Labute approximate surface area is 84.2 Å². The minimum absolute atomic E-state index is 0.147. The van der Waals surface area contributed by atoms with Crippen LogP contribution in [0.4, 0.5) is 10.1 Å². The maximum atomic E-state index is 12.7. The van der Waals surface area contributed by atoms with E-state index in [1.807, 2.05) is 0 Å². The summed E-state index contributed by atoms with van der Waals surface area (Å²) in [7, 11) is 0. The van der Waals surface area contributed by atoms with Crippen LogP contribution in [0.3, 0.4) is 0 Å². The molecule has 0 spiro atoms. The number of halogens is 1. The highest BCUT2D eigenvalue weighted by Crippen LogP contribution is 2.25. The number of hydrogen-bond donors (Lipinski definition) is 1. The van der Waals surface area contributed by atoms with E-state index in [1.54, 1.807) is 0 Å². The van der Waals surface area contributed by atoms with Crippen LogP contribution < -0.4 is 4.90 Å². The molecule has 4 nitrogen and oxygen atoms in total. The molecule has 0 saturated heterocycles. The quantitative estimate of drug-likeness (QED) is 0.698. The number of imide groups is 1. The van der Waals surface area contributed by atoms with Gasteiger partial charge in [-0.3, -0.25) is 9.59 Å². The zero-order valence-electron chi connectivity index (χ0n) is 7.48. The van der Waals surface area contributed by atoms with Gasteiger partial charge in [0.25, 0.3) is 11.8 Å². The number of aromatic hydroxyl groups is 1. The lowest BCUT2D eigenvalue weighted by Crippen LogP contribution is -2.29. The number of carbonyl (C=O) groups is 2. The molecule has 15 heavy (non-hydrogen) atoms. The molecule has 0 radical (unpaired) electrons. The predicted octanol–water partition coefficient (Wildman–Crippen LogP) is 0.961. The summed E-state index contributed by atoms with van der Waals surface area (Å²) in [6.07, 6.45) is 2.23. The van der Waals surface area contributed by atoms with Gasteiger partial charge in [-0.2, -0.15) is 0 Å². The van der Waals surface area contributed by atoms with Gasteiger partial charge < -0.3 is 5.11 Å². The van der Waals surface area contributed by atoms with Crippen LogP contribution >= 0.6 is 0 Å². The number of phenols is 1. The van der Waals surface area contributed by atoms with Crippen LogP contribution in [0.1, 0.15) is 0 Å². The summed E-state index contributed by atoms with van der Waals surface area (Å²) < 4.78 is 12.7. The maximum absolute atomic E-state index is 12.7. The second kappa shape index (κ2) is 3.20. The van der Waals surface area contributed by atoms with Gasteiger partial charge in [-0.1, -0.05) is 0 Å². The number of anilines is 1. The molecule has 1 aromatic carbocycles. The number of hydrogen-bond acceptors (Lipinski definition) is 3. The molecule has 0 unspecified atom stereocenters. The minimum atomic E-state index is -0.800. The summed E-state index contributed by atoms with van der Waals surface area (Å²) in [6.45, 7) is 0. The SMILES string of the molecule is O=C1C=CC(=O)N1c1ccc(F)c(O)c1. The van der Waals surface area contributed by atoms with Gasteiger partial charge in [0.2, 0.25) is 0 Å². The lowest BCUT2D eigenvalue weighted by atomic mass is 10.2. The fourth-order valence-corrected chi connectivity index (χ4v) is 1.29. The molecule has 0 saturated carbocycles. The van der Waals surface area contributed by atoms with Crippen molar-refractivity contribution >= 4 is 17.5 Å². The molecule has 0 fully saturated rings. The van der Waals surface area contributed by atoms with Crippen LogP contribution in [0.2, 0.25) is 0 Å². The van der Waals surface area contributed by atoms with E-state index < -0.39 is 23.4 Å². The highest BCUT2D eigenvalue weighted by atomic mass is 19.1. The lowest BCUT2D eigenvalue weighted by molar-refractivity contribution is -0.119. The lowest BCUT2D eigenvalue weighted by Gasteiger charge is -2.13. The molecule has 5 heteroatoms. The van der Waals surface area contributed by atoms with Crippen molar-refractivity contribution in [1.82, 2.24) is 0 Å². The predicted molar refractivity (Wildman–Crippen MR) is 49.7 cm³/mol. The third kappa shape index (κ3) is 1.48. The van der Waals surface area contributed by atoms with Crippen LogP contribution in [0.25, 0.3) is 0 Å². The summed E-state index contributed by atoms with van der Waals surface area (Å²) >= 11 is 0. The van der Waals surface area contributed by atoms with E-state index in [1.165, 1.54) is 6.07 Å².